The summed E-state index contributed by atoms with van der Waals surface area (Å²) in [7, 11) is 0. The van der Waals surface area contributed by atoms with Gasteiger partial charge in [0.1, 0.15) is 37.1 Å². The molecule has 0 radical (unpaired) electrons. The molecule has 2 fully saturated rings. The quantitative estimate of drug-likeness (QED) is 0.326. The zero-order chi connectivity index (χ0) is 15.6. The molecular weight excluding hydrogens is 292 g/mol. The van der Waals surface area contributed by atoms with Gasteiger partial charge in [0.25, 0.3) is 0 Å². The van der Waals surface area contributed by atoms with Crippen LogP contribution in [0.5, 0.6) is 0 Å². The van der Waals surface area contributed by atoms with E-state index in [1.165, 1.54) is 0 Å². The molecule has 2 rings (SSSR count). The number of cyclic esters (lactones) is 2. The summed E-state index contributed by atoms with van der Waals surface area (Å²) in [5.74, 6) is 0. The Bertz CT molecular complexity index is 361. The number of rotatable bonds is 5. The fraction of sp³-hybridized carbons (Fsp3) is 0.909. The van der Waals surface area contributed by atoms with Crippen molar-refractivity contribution in [1.29, 1.82) is 0 Å². The van der Waals surface area contributed by atoms with Crippen molar-refractivity contribution in [2.45, 2.75) is 42.9 Å². The molecule has 0 bridgehead atoms. The Labute approximate surface area is 119 Å². The van der Waals surface area contributed by atoms with Crippen molar-refractivity contribution in [2.24, 2.45) is 0 Å². The Morgan fingerprint density at radius 3 is 2.52 bits per heavy atom. The van der Waals surface area contributed by atoms with Crippen LogP contribution in [0.4, 0.5) is 4.79 Å². The van der Waals surface area contributed by atoms with Crippen molar-refractivity contribution in [1.82, 2.24) is 0 Å². The molecule has 0 aromatic carbocycles. The summed E-state index contributed by atoms with van der Waals surface area (Å²) in [5, 5.41) is 47.6. The smallest absolute Gasteiger partial charge is 0.430 e. The van der Waals surface area contributed by atoms with Crippen LogP contribution < -0.4 is 0 Å². The van der Waals surface area contributed by atoms with Crippen LogP contribution in [0.3, 0.4) is 0 Å². The first-order chi connectivity index (χ1) is 9.93. The molecule has 2 aliphatic heterocycles. The standard InChI is InChI=1S/C11H18O10/c12-1-5-7(14)8(15)9(16)10(20-5)18-2-4(13)6-3-19-11(17)21-6/h4-10,12-16H,1-3H2/t4-,5+,6?,7+,8-,9+,10-/m1/s1. The third-order valence-corrected chi connectivity index (χ3v) is 3.32. The minimum atomic E-state index is -1.56. The fourth-order valence-electron chi connectivity index (χ4n) is 2.04. The zero-order valence-corrected chi connectivity index (χ0v) is 10.9. The van der Waals surface area contributed by atoms with Gasteiger partial charge in [-0.25, -0.2) is 4.79 Å². The molecule has 0 aliphatic carbocycles. The molecule has 0 amide bonds. The maximum absolute atomic E-state index is 10.7. The Morgan fingerprint density at radius 1 is 1.24 bits per heavy atom. The van der Waals surface area contributed by atoms with Gasteiger partial charge in [0.05, 0.1) is 13.2 Å². The number of ether oxygens (including phenoxy) is 4. The average Bonchev–Trinajstić information content (AvgIpc) is 2.90. The molecular formula is C11H18O10. The van der Waals surface area contributed by atoms with E-state index in [4.69, 9.17) is 14.6 Å². The molecule has 10 heteroatoms. The van der Waals surface area contributed by atoms with Gasteiger partial charge in [0, 0.05) is 0 Å². The van der Waals surface area contributed by atoms with Crippen molar-refractivity contribution in [3.63, 3.8) is 0 Å². The fourth-order valence-corrected chi connectivity index (χ4v) is 2.04. The van der Waals surface area contributed by atoms with E-state index in [9.17, 15) is 25.2 Å². The van der Waals surface area contributed by atoms with Crippen LogP contribution in [0.1, 0.15) is 0 Å². The number of hydrogen-bond acceptors (Lipinski definition) is 10. The van der Waals surface area contributed by atoms with Crippen molar-refractivity contribution < 1.29 is 49.3 Å². The Hall–Kier alpha value is -1.01. The lowest BCUT2D eigenvalue weighted by molar-refractivity contribution is -0.305. The molecule has 0 spiro atoms. The summed E-state index contributed by atoms with van der Waals surface area (Å²) >= 11 is 0. The summed E-state index contributed by atoms with van der Waals surface area (Å²) in [6.45, 7) is -1.08. The van der Waals surface area contributed by atoms with Crippen LogP contribution in [0.2, 0.25) is 0 Å². The largest absolute Gasteiger partial charge is 0.508 e. The Kier molecular flexibility index (Phi) is 5.32. The Morgan fingerprint density at radius 2 is 1.95 bits per heavy atom. The summed E-state index contributed by atoms with van der Waals surface area (Å²) in [6.07, 6.45) is -10.1. The van der Waals surface area contributed by atoms with Crippen molar-refractivity contribution >= 4 is 6.16 Å². The molecule has 7 atom stereocenters. The zero-order valence-electron chi connectivity index (χ0n) is 10.9. The molecule has 10 nitrogen and oxygen atoms in total. The average molecular weight is 310 g/mol. The Balaban J connectivity index is 1.85. The lowest BCUT2D eigenvalue weighted by Crippen LogP contribution is -2.59. The monoisotopic (exact) mass is 310 g/mol. The van der Waals surface area contributed by atoms with Gasteiger partial charge in [-0.3, -0.25) is 0 Å². The maximum atomic E-state index is 10.7. The number of hydrogen-bond donors (Lipinski definition) is 5. The van der Waals surface area contributed by atoms with E-state index >= 15 is 0 Å². The maximum Gasteiger partial charge on any atom is 0.508 e. The third-order valence-electron chi connectivity index (χ3n) is 3.32. The summed E-state index contributed by atoms with van der Waals surface area (Å²) in [5.41, 5.74) is 0. The van der Waals surface area contributed by atoms with E-state index < -0.39 is 55.7 Å². The highest BCUT2D eigenvalue weighted by atomic mass is 16.8. The lowest BCUT2D eigenvalue weighted by atomic mass is 9.99. The lowest BCUT2D eigenvalue weighted by Gasteiger charge is -2.39. The first-order valence-corrected chi connectivity index (χ1v) is 6.37. The predicted octanol–water partition coefficient (Wildman–Crippen LogP) is -3.30. The number of carbonyl (C=O) groups is 1. The van der Waals surface area contributed by atoms with Gasteiger partial charge in [-0.2, -0.15) is 0 Å². The molecule has 0 saturated carbocycles. The highest BCUT2D eigenvalue weighted by molar-refractivity contribution is 5.61. The minimum absolute atomic E-state index is 0.127. The van der Waals surface area contributed by atoms with Gasteiger partial charge in [-0.15, -0.1) is 0 Å². The summed E-state index contributed by atoms with van der Waals surface area (Å²) < 4.78 is 19.3. The van der Waals surface area contributed by atoms with Crippen LogP contribution in [0.15, 0.2) is 0 Å². The molecule has 21 heavy (non-hydrogen) atoms. The van der Waals surface area contributed by atoms with E-state index in [1.54, 1.807) is 0 Å². The topological polar surface area (TPSA) is 155 Å². The molecule has 2 aliphatic rings. The van der Waals surface area contributed by atoms with Crippen LogP contribution in [0, 0.1) is 0 Å². The molecule has 2 heterocycles. The second kappa shape index (κ2) is 6.83. The third kappa shape index (κ3) is 3.61. The van der Waals surface area contributed by atoms with Gasteiger partial charge in [-0.05, 0) is 0 Å². The first-order valence-electron chi connectivity index (χ1n) is 6.37. The molecule has 5 N–H and O–H groups in total. The molecule has 0 aromatic rings. The minimum Gasteiger partial charge on any atom is -0.430 e. The molecule has 122 valence electrons. The van der Waals surface area contributed by atoms with Gasteiger partial charge >= 0.3 is 6.16 Å². The normalized spacial score (nSPS) is 41.5. The predicted molar refractivity (Wildman–Crippen MR) is 61.9 cm³/mol. The van der Waals surface area contributed by atoms with Crippen LogP contribution in [-0.4, -0.2) is 94.4 Å². The van der Waals surface area contributed by atoms with E-state index in [0.717, 1.165) is 0 Å². The van der Waals surface area contributed by atoms with E-state index in [2.05, 4.69) is 9.47 Å². The summed E-state index contributed by atoms with van der Waals surface area (Å²) in [4.78, 5) is 10.7. The SMILES string of the molecule is O=C1OCC([C@H](O)CO[C@@H]2O[C@@H](CO)[C@H](O)[C@@H](O)[C@@H]2O)O1. The van der Waals surface area contributed by atoms with E-state index in [-0.39, 0.29) is 13.2 Å². The van der Waals surface area contributed by atoms with E-state index in [0.29, 0.717) is 0 Å². The van der Waals surface area contributed by atoms with Gasteiger partial charge in [0.15, 0.2) is 12.4 Å². The number of carbonyl (C=O) groups excluding carboxylic acids is 1. The highest BCUT2D eigenvalue weighted by Crippen LogP contribution is 2.22. The summed E-state index contributed by atoms with van der Waals surface area (Å²) in [6, 6.07) is 0. The van der Waals surface area contributed by atoms with Gasteiger partial charge < -0.3 is 44.5 Å². The second-order valence-electron chi connectivity index (χ2n) is 4.82. The highest BCUT2D eigenvalue weighted by Gasteiger charge is 2.44. The first kappa shape index (κ1) is 16.4. The van der Waals surface area contributed by atoms with Crippen LogP contribution in [-0.2, 0) is 18.9 Å². The number of aliphatic hydroxyl groups excluding tert-OH is 5. The van der Waals surface area contributed by atoms with Crippen molar-refractivity contribution in [2.75, 3.05) is 19.8 Å². The van der Waals surface area contributed by atoms with Crippen molar-refractivity contribution in [3.8, 4) is 0 Å². The van der Waals surface area contributed by atoms with Gasteiger partial charge in [0.2, 0.25) is 0 Å². The van der Waals surface area contributed by atoms with E-state index in [1.807, 2.05) is 0 Å². The van der Waals surface area contributed by atoms with Gasteiger partial charge in [-0.1, -0.05) is 0 Å². The van der Waals surface area contributed by atoms with Crippen molar-refractivity contribution in [3.05, 3.63) is 0 Å². The van der Waals surface area contributed by atoms with Crippen LogP contribution in [0.25, 0.3) is 0 Å². The molecule has 0 aromatic heterocycles. The number of aliphatic hydroxyl groups is 5. The molecule has 1 unspecified atom stereocenters. The molecule has 2 saturated heterocycles. The second-order valence-corrected chi connectivity index (χ2v) is 4.82. The van der Waals surface area contributed by atoms with Crippen LogP contribution >= 0.6 is 0 Å².